The first-order valence-corrected chi connectivity index (χ1v) is 10.7. The lowest BCUT2D eigenvalue weighted by atomic mass is 9.69. The fraction of sp³-hybridized carbons (Fsp3) is 0.333. The topological polar surface area (TPSA) is 134 Å². The van der Waals surface area contributed by atoms with E-state index in [1.54, 1.807) is 19.2 Å². The van der Waals surface area contributed by atoms with Gasteiger partial charge in [0, 0.05) is 12.4 Å². The smallest absolute Gasteiger partial charge is 0.276 e. The third-order valence-corrected chi connectivity index (χ3v) is 6.50. The van der Waals surface area contributed by atoms with E-state index in [0.717, 1.165) is 5.56 Å². The monoisotopic (exact) mass is 451 g/mol. The summed E-state index contributed by atoms with van der Waals surface area (Å²) in [4.78, 5) is 25.5. The fourth-order valence-electron chi connectivity index (χ4n) is 4.26. The molecule has 0 unspecified atom stereocenters. The number of nitrogens with two attached hydrogens (primary N) is 1. The van der Waals surface area contributed by atoms with Crippen molar-refractivity contribution < 1.29 is 19.4 Å². The molecule has 1 saturated carbocycles. The van der Waals surface area contributed by atoms with Gasteiger partial charge in [0.15, 0.2) is 11.5 Å². The average Bonchev–Trinajstić information content (AvgIpc) is 2.78. The fourth-order valence-corrected chi connectivity index (χ4v) is 4.26. The van der Waals surface area contributed by atoms with Crippen LogP contribution in [0.4, 0.5) is 15.8 Å². The molecule has 0 spiro atoms. The molecule has 3 aromatic heterocycles. The van der Waals surface area contributed by atoms with Crippen molar-refractivity contribution in [2.75, 3.05) is 11.1 Å². The maximum atomic E-state index is 14.2. The Morgan fingerprint density at radius 3 is 2.76 bits per heavy atom. The summed E-state index contributed by atoms with van der Waals surface area (Å²) in [6.45, 7) is 3.53. The Kier molecular flexibility index (Phi) is 6.09. The van der Waals surface area contributed by atoms with Crippen LogP contribution in [0.5, 0.6) is 0 Å². The lowest BCUT2D eigenvalue weighted by molar-refractivity contribution is -0.123. The van der Waals surface area contributed by atoms with Gasteiger partial charge in [0.2, 0.25) is 0 Å². The molecule has 0 radical (unpaired) electrons. The van der Waals surface area contributed by atoms with E-state index in [1.807, 2.05) is 6.92 Å². The second kappa shape index (κ2) is 8.84. The van der Waals surface area contributed by atoms with E-state index in [2.05, 4.69) is 20.3 Å². The van der Waals surface area contributed by atoms with Crippen molar-refractivity contribution in [2.24, 2.45) is 5.92 Å². The molecule has 1 aliphatic carbocycles. The van der Waals surface area contributed by atoms with E-state index in [0.29, 0.717) is 18.5 Å². The zero-order chi connectivity index (χ0) is 23.8. The van der Waals surface area contributed by atoms with Crippen molar-refractivity contribution in [3.05, 3.63) is 66.0 Å². The highest BCUT2D eigenvalue weighted by atomic mass is 19.1. The second-order valence-electron chi connectivity index (χ2n) is 8.70. The number of amides is 1. The number of anilines is 2. The van der Waals surface area contributed by atoms with Gasteiger partial charge in [-0.2, -0.15) is 0 Å². The maximum absolute atomic E-state index is 14.2. The van der Waals surface area contributed by atoms with Crippen LogP contribution in [0.15, 0.2) is 48.9 Å². The van der Waals surface area contributed by atoms with E-state index in [-0.39, 0.29) is 34.6 Å². The van der Waals surface area contributed by atoms with Gasteiger partial charge in [0.05, 0.1) is 35.0 Å². The highest BCUT2D eigenvalue weighted by molar-refractivity contribution is 6.06. The summed E-state index contributed by atoms with van der Waals surface area (Å²) in [6, 6.07) is 7.51. The van der Waals surface area contributed by atoms with E-state index in [4.69, 9.17) is 5.73 Å². The highest BCUT2D eigenvalue weighted by Crippen LogP contribution is 2.43. The van der Waals surface area contributed by atoms with E-state index >= 15 is 0 Å². The summed E-state index contributed by atoms with van der Waals surface area (Å²) in [5.41, 5.74) is 6.35. The van der Waals surface area contributed by atoms with Gasteiger partial charge in [-0.1, -0.05) is 6.92 Å². The van der Waals surface area contributed by atoms with E-state index < -0.39 is 23.4 Å². The molecule has 1 aliphatic rings. The predicted molar refractivity (Wildman–Crippen MR) is 122 cm³/mol. The highest BCUT2D eigenvalue weighted by Gasteiger charge is 2.43. The molecule has 172 valence electrons. The normalized spacial score (nSPS) is 24.9. The molecule has 1 fully saturated rings. The number of pyridine rings is 3. The molecule has 9 heteroatoms. The number of rotatable bonds is 4. The lowest BCUT2D eigenvalue weighted by Gasteiger charge is -2.43. The molecule has 5 N–H and O–H groups in total. The lowest BCUT2D eigenvalue weighted by Crippen LogP contribution is -2.49. The number of carbonyl (C=O) groups excluding carboxylic acids is 1. The van der Waals surface area contributed by atoms with Crippen molar-refractivity contribution in [3.8, 4) is 11.4 Å². The number of aliphatic hydroxyl groups is 2. The zero-order valence-corrected chi connectivity index (χ0v) is 18.4. The van der Waals surface area contributed by atoms with Crippen LogP contribution in [-0.2, 0) is 0 Å². The maximum Gasteiger partial charge on any atom is 0.276 e. The van der Waals surface area contributed by atoms with Crippen molar-refractivity contribution in [1.82, 2.24) is 15.0 Å². The minimum atomic E-state index is -1.17. The van der Waals surface area contributed by atoms with Crippen molar-refractivity contribution in [1.29, 1.82) is 0 Å². The van der Waals surface area contributed by atoms with Crippen molar-refractivity contribution in [3.63, 3.8) is 0 Å². The van der Waals surface area contributed by atoms with Gasteiger partial charge < -0.3 is 21.3 Å². The summed E-state index contributed by atoms with van der Waals surface area (Å²) in [6.07, 6.45) is 4.66. The quantitative estimate of drug-likeness (QED) is 0.479. The standard InChI is InChI=1S/C24H26FN5O3/c1-13-10-14(11-20(31)24(13,2)33)15-7-9-27-12-19(15)30-23(32)22-17(26)5-6-18(29-22)21-16(25)4-3-8-28-21/h3-9,12-14,20,31,33H,10-11,26H2,1-2H3,(H,30,32)/t13-,14+,20+,24+/m0/s1. The minimum Gasteiger partial charge on any atom is -0.397 e. The van der Waals surface area contributed by atoms with Gasteiger partial charge in [-0.3, -0.25) is 14.8 Å². The van der Waals surface area contributed by atoms with Crippen LogP contribution in [-0.4, -0.2) is 42.8 Å². The largest absolute Gasteiger partial charge is 0.397 e. The average molecular weight is 452 g/mol. The van der Waals surface area contributed by atoms with Crippen LogP contribution in [0, 0.1) is 11.7 Å². The first-order valence-electron chi connectivity index (χ1n) is 10.7. The molecule has 4 atom stereocenters. The van der Waals surface area contributed by atoms with Gasteiger partial charge >= 0.3 is 0 Å². The summed E-state index contributed by atoms with van der Waals surface area (Å²) in [5, 5.41) is 23.8. The zero-order valence-electron chi connectivity index (χ0n) is 18.4. The van der Waals surface area contributed by atoms with Crippen LogP contribution in [0.25, 0.3) is 11.4 Å². The Hall–Kier alpha value is -3.43. The first-order chi connectivity index (χ1) is 15.7. The van der Waals surface area contributed by atoms with Crippen LogP contribution < -0.4 is 11.1 Å². The molecule has 0 saturated heterocycles. The molecule has 3 aromatic rings. The van der Waals surface area contributed by atoms with Crippen LogP contribution in [0.2, 0.25) is 0 Å². The third kappa shape index (κ3) is 4.42. The van der Waals surface area contributed by atoms with Crippen LogP contribution >= 0.6 is 0 Å². The molecule has 0 aliphatic heterocycles. The summed E-state index contributed by atoms with van der Waals surface area (Å²) in [5.74, 6) is -1.37. The number of hydrogen-bond donors (Lipinski definition) is 4. The Labute approximate surface area is 190 Å². The second-order valence-corrected chi connectivity index (χ2v) is 8.70. The van der Waals surface area contributed by atoms with Crippen LogP contribution in [0.3, 0.4) is 0 Å². The van der Waals surface area contributed by atoms with Crippen molar-refractivity contribution in [2.45, 2.75) is 44.3 Å². The Bertz CT molecular complexity index is 1170. The van der Waals surface area contributed by atoms with E-state index in [1.165, 1.54) is 36.7 Å². The molecular formula is C24H26FN5O3. The minimum absolute atomic E-state index is 0.0193. The van der Waals surface area contributed by atoms with Crippen molar-refractivity contribution >= 4 is 17.3 Å². The summed E-state index contributed by atoms with van der Waals surface area (Å²) < 4.78 is 14.2. The number of nitrogens with zero attached hydrogens (tertiary/aromatic N) is 3. The molecule has 3 heterocycles. The number of nitrogen functional groups attached to an aromatic ring is 1. The van der Waals surface area contributed by atoms with Gasteiger partial charge in [-0.05, 0) is 67.5 Å². The molecule has 0 bridgehead atoms. The summed E-state index contributed by atoms with van der Waals surface area (Å²) in [7, 11) is 0. The third-order valence-electron chi connectivity index (χ3n) is 6.50. The number of carbonyl (C=O) groups is 1. The number of hydrogen-bond acceptors (Lipinski definition) is 7. The predicted octanol–water partition coefficient (Wildman–Crippen LogP) is 3.14. The summed E-state index contributed by atoms with van der Waals surface area (Å²) >= 11 is 0. The van der Waals surface area contributed by atoms with Gasteiger partial charge in [-0.15, -0.1) is 0 Å². The van der Waals surface area contributed by atoms with E-state index in [9.17, 15) is 19.4 Å². The van der Waals surface area contributed by atoms with Crippen LogP contribution in [0.1, 0.15) is 48.7 Å². The molecule has 8 nitrogen and oxygen atoms in total. The van der Waals surface area contributed by atoms with Gasteiger partial charge in [-0.25, -0.2) is 9.37 Å². The Morgan fingerprint density at radius 2 is 2.03 bits per heavy atom. The van der Waals surface area contributed by atoms with Gasteiger partial charge in [0.25, 0.3) is 5.91 Å². The number of aromatic nitrogens is 3. The number of aliphatic hydroxyl groups excluding tert-OH is 1. The Balaban J connectivity index is 1.62. The molecule has 4 rings (SSSR count). The SMILES string of the molecule is C[C@H]1C[C@@H](c2ccncc2NC(=O)c2nc(-c3ncccc3F)ccc2N)C[C@@H](O)[C@]1(C)O. The molecule has 1 amide bonds. The first kappa shape index (κ1) is 22.8. The number of halogens is 1. The molecular weight excluding hydrogens is 425 g/mol. The number of nitrogens with one attached hydrogen (secondary N) is 1. The molecule has 0 aromatic carbocycles. The Morgan fingerprint density at radius 1 is 1.24 bits per heavy atom. The van der Waals surface area contributed by atoms with Gasteiger partial charge in [0.1, 0.15) is 5.69 Å². The molecule has 33 heavy (non-hydrogen) atoms.